The molecule has 0 aliphatic heterocycles. The Balaban J connectivity index is 1.61. The average Bonchev–Trinajstić information content (AvgIpc) is 3.29. The van der Waals surface area contributed by atoms with E-state index in [0.29, 0.717) is 12.2 Å². The van der Waals surface area contributed by atoms with E-state index in [2.05, 4.69) is 4.98 Å². The second-order valence-electron chi connectivity index (χ2n) is 6.24. The van der Waals surface area contributed by atoms with Crippen LogP contribution in [0.2, 0.25) is 0 Å². The predicted octanol–water partition coefficient (Wildman–Crippen LogP) is 4.34. The molecule has 0 spiro atoms. The first kappa shape index (κ1) is 17.3. The Morgan fingerprint density at radius 1 is 1.15 bits per heavy atom. The van der Waals surface area contributed by atoms with Gasteiger partial charge >= 0.3 is 0 Å². The van der Waals surface area contributed by atoms with Crippen molar-refractivity contribution in [2.75, 3.05) is 14.2 Å². The van der Waals surface area contributed by atoms with Gasteiger partial charge < -0.3 is 9.64 Å². The zero-order valence-electron chi connectivity index (χ0n) is 15.1. The highest BCUT2D eigenvalue weighted by Crippen LogP contribution is 2.25. The summed E-state index contributed by atoms with van der Waals surface area (Å²) in [7, 11) is 3.44. The number of hydrogen-bond acceptors (Lipinski definition) is 4. The highest BCUT2D eigenvalue weighted by molar-refractivity contribution is 7.15. The zero-order chi connectivity index (χ0) is 18.8. The van der Waals surface area contributed by atoms with Crippen LogP contribution < -0.4 is 4.74 Å². The standard InChI is InChI=1S/C21H19N3O2S/c1-23(12-16-10-6-7-11-19(16)26-2)20(25)18-14-27-21-22-17(13-24(18)21)15-8-4-3-5-9-15/h3-11,13-14H,12H2,1-2H3. The summed E-state index contributed by atoms with van der Waals surface area (Å²) in [5.41, 5.74) is 3.48. The number of ether oxygens (including phenoxy) is 1. The third-order valence-corrected chi connectivity index (χ3v) is 5.28. The first-order valence-electron chi connectivity index (χ1n) is 8.56. The van der Waals surface area contributed by atoms with Gasteiger partial charge in [-0.05, 0) is 6.07 Å². The van der Waals surface area contributed by atoms with Crippen molar-refractivity contribution >= 4 is 22.2 Å². The van der Waals surface area contributed by atoms with Crippen molar-refractivity contribution in [2.45, 2.75) is 6.54 Å². The van der Waals surface area contributed by atoms with Crippen molar-refractivity contribution in [3.63, 3.8) is 0 Å². The van der Waals surface area contributed by atoms with E-state index in [1.54, 1.807) is 19.1 Å². The fourth-order valence-electron chi connectivity index (χ4n) is 3.04. The largest absolute Gasteiger partial charge is 0.496 e. The molecule has 0 atom stereocenters. The second-order valence-corrected chi connectivity index (χ2v) is 7.08. The Hall–Kier alpha value is -3.12. The lowest BCUT2D eigenvalue weighted by Crippen LogP contribution is -2.27. The number of methoxy groups -OCH3 is 1. The van der Waals surface area contributed by atoms with Crippen LogP contribution >= 0.6 is 11.3 Å². The van der Waals surface area contributed by atoms with Gasteiger partial charge in [0.1, 0.15) is 11.4 Å². The molecule has 1 amide bonds. The summed E-state index contributed by atoms with van der Waals surface area (Å²) in [5.74, 6) is 0.728. The summed E-state index contributed by atoms with van der Waals surface area (Å²) in [6, 6.07) is 17.7. The van der Waals surface area contributed by atoms with Gasteiger partial charge in [-0.1, -0.05) is 48.5 Å². The zero-order valence-corrected chi connectivity index (χ0v) is 15.9. The van der Waals surface area contributed by atoms with E-state index in [1.807, 2.05) is 70.6 Å². The summed E-state index contributed by atoms with van der Waals surface area (Å²) in [4.78, 5) is 20.2. The molecule has 2 heterocycles. The van der Waals surface area contributed by atoms with Gasteiger partial charge in [-0.2, -0.15) is 0 Å². The summed E-state index contributed by atoms with van der Waals surface area (Å²) < 4.78 is 7.26. The van der Waals surface area contributed by atoms with Gasteiger partial charge in [-0.3, -0.25) is 9.20 Å². The van der Waals surface area contributed by atoms with E-state index >= 15 is 0 Å². The second kappa shape index (κ2) is 7.25. The Kier molecular flexibility index (Phi) is 4.64. The van der Waals surface area contributed by atoms with Crippen LogP contribution in [0, 0.1) is 0 Å². The molecule has 2 aromatic carbocycles. The molecule has 0 aliphatic carbocycles. The molecule has 2 aromatic heterocycles. The molecule has 0 fully saturated rings. The van der Waals surface area contributed by atoms with Gasteiger partial charge in [0.25, 0.3) is 5.91 Å². The molecule has 0 N–H and O–H groups in total. The van der Waals surface area contributed by atoms with Gasteiger partial charge in [-0.25, -0.2) is 4.98 Å². The minimum atomic E-state index is -0.0517. The molecule has 0 unspecified atom stereocenters. The van der Waals surface area contributed by atoms with Crippen LogP contribution in [0.25, 0.3) is 16.2 Å². The summed E-state index contributed by atoms with van der Waals surface area (Å²) in [6.07, 6.45) is 1.92. The topological polar surface area (TPSA) is 46.8 Å². The lowest BCUT2D eigenvalue weighted by Gasteiger charge is -2.18. The molecule has 0 saturated carbocycles. The number of para-hydroxylation sites is 1. The van der Waals surface area contributed by atoms with Crippen molar-refractivity contribution in [3.8, 4) is 17.0 Å². The third-order valence-electron chi connectivity index (χ3n) is 4.44. The highest BCUT2D eigenvalue weighted by Gasteiger charge is 2.19. The van der Waals surface area contributed by atoms with Crippen molar-refractivity contribution in [2.24, 2.45) is 0 Å². The smallest absolute Gasteiger partial charge is 0.271 e. The number of carbonyl (C=O) groups excluding carboxylic acids is 1. The molecule has 0 aliphatic rings. The number of fused-ring (bicyclic) bond motifs is 1. The number of aromatic nitrogens is 2. The molecule has 5 nitrogen and oxygen atoms in total. The van der Waals surface area contributed by atoms with E-state index in [1.165, 1.54) is 11.3 Å². The van der Waals surface area contributed by atoms with Gasteiger partial charge in [0.2, 0.25) is 0 Å². The van der Waals surface area contributed by atoms with E-state index in [-0.39, 0.29) is 5.91 Å². The van der Waals surface area contributed by atoms with Crippen molar-refractivity contribution < 1.29 is 9.53 Å². The molecule has 0 bridgehead atoms. The van der Waals surface area contributed by atoms with Gasteiger partial charge in [0.15, 0.2) is 4.96 Å². The minimum Gasteiger partial charge on any atom is -0.496 e. The molecule has 4 rings (SSSR count). The number of rotatable bonds is 5. The SMILES string of the molecule is COc1ccccc1CN(C)C(=O)c1csc2nc(-c3ccccc3)cn12. The van der Waals surface area contributed by atoms with Crippen LogP contribution in [0.4, 0.5) is 0 Å². The molecule has 4 aromatic rings. The fraction of sp³-hybridized carbons (Fsp3) is 0.143. The van der Waals surface area contributed by atoms with Crippen LogP contribution in [0.15, 0.2) is 66.2 Å². The van der Waals surface area contributed by atoms with E-state index < -0.39 is 0 Å². The highest BCUT2D eigenvalue weighted by atomic mass is 32.1. The first-order valence-corrected chi connectivity index (χ1v) is 9.44. The Morgan fingerprint density at radius 3 is 2.67 bits per heavy atom. The third kappa shape index (κ3) is 3.31. The van der Waals surface area contributed by atoms with Crippen LogP contribution in [-0.2, 0) is 6.54 Å². The molecule has 0 radical (unpaired) electrons. The lowest BCUT2D eigenvalue weighted by molar-refractivity contribution is 0.0777. The van der Waals surface area contributed by atoms with Crippen LogP contribution in [0.1, 0.15) is 16.1 Å². The molecular weight excluding hydrogens is 358 g/mol. The van der Waals surface area contributed by atoms with E-state index in [9.17, 15) is 4.79 Å². The summed E-state index contributed by atoms with van der Waals surface area (Å²) in [5, 5.41) is 1.86. The molecular formula is C21H19N3O2S. The molecule has 6 heteroatoms. The monoisotopic (exact) mass is 377 g/mol. The number of nitrogens with zero attached hydrogens (tertiary/aromatic N) is 3. The Labute approximate surface area is 161 Å². The van der Waals surface area contributed by atoms with Crippen LogP contribution in [0.5, 0.6) is 5.75 Å². The molecule has 27 heavy (non-hydrogen) atoms. The number of imidazole rings is 1. The maximum absolute atomic E-state index is 13.0. The maximum Gasteiger partial charge on any atom is 0.271 e. The van der Waals surface area contributed by atoms with Crippen molar-refractivity contribution in [3.05, 3.63) is 77.4 Å². The minimum absolute atomic E-state index is 0.0517. The van der Waals surface area contributed by atoms with Gasteiger partial charge in [0.05, 0.1) is 12.8 Å². The predicted molar refractivity (Wildman–Crippen MR) is 107 cm³/mol. The van der Waals surface area contributed by atoms with E-state index in [0.717, 1.165) is 27.5 Å². The fourth-order valence-corrected chi connectivity index (χ4v) is 3.89. The quantitative estimate of drug-likeness (QED) is 0.520. The van der Waals surface area contributed by atoms with Crippen molar-refractivity contribution in [1.82, 2.24) is 14.3 Å². The molecule has 136 valence electrons. The summed E-state index contributed by atoms with van der Waals surface area (Å²) in [6.45, 7) is 0.473. The number of carbonyl (C=O) groups is 1. The van der Waals surface area contributed by atoms with Crippen LogP contribution in [-0.4, -0.2) is 34.3 Å². The number of thiazole rings is 1. The lowest BCUT2D eigenvalue weighted by atomic mass is 10.2. The van der Waals surface area contributed by atoms with Crippen molar-refractivity contribution in [1.29, 1.82) is 0 Å². The molecule has 0 saturated heterocycles. The number of amides is 1. The number of benzene rings is 2. The number of hydrogen-bond donors (Lipinski definition) is 0. The van der Waals surface area contributed by atoms with Crippen LogP contribution in [0.3, 0.4) is 0 Å². The maximum atomic E-state index is 13.0. The Bertz CT molecular complexity index is 1090. The summed E-state index contributed by atoms with van der Waals surface area (Å²) >= 11 is 1.47. The van der Waals surface area contributed by atoms with E-state index in [4.69, 9.17) is 4.74 Å². The first-order chi connectivity index (χ1) is 13.2. The van der Waals surface area contributed by atoms with Gasteiger partial charge in [0, 0.05) is 36.3 Å². The van der Waals surface area contributed by atoms with Gasteiger partial charge in [-0.15, -0.1) is 11.3 Å². The average molecular weight is 377 g/mol. The Morgan fingerprint density at radius 2 is 1.89 bits per heavy atom. The normalized spacial score (nSPS) is 10.9.